The first kappa shape index (κ1) is 46.1. The van der Waals surface area contributed by atoms with Crippen LogP contribution >= 0.6 is 0 Å². The van der Waals surface area contributed by atoms with E-state index >= 15 is 0 Å². The molecule has 0 N–H and O–H groups in total. The minimum Gasteiger partial charge on any atom is 0 e. The summed E-state index contributed by atoms with van der Waals surface area (Å²) in [5, 5.41) is 0. The first-order valence-corrected chi connectivity index (χ1v) is 0. The van der Waals surface area contributed by atoms with Crippen LogP contribution in [0.2, 0.25) is 0 Å². The molecule has 0 unspecified atom stereocenters. The van der Waals surface area contributed by atoms with Crippen molar-refractivity contribution >= 4 is 69.4 Å². The topological polar surface area (TPSA) is 0 Å². The van der Waals surface area contributed by atoms with Crippen LogP contribution in [0, 0.1) is 0 Å². The maximum atomic E-state index is 0. The Balaban J connectivity index is 0. The summed E-state index contributed by atoms with van der Waals surface area (Å²) in [4.78, 5) is 0. The Morgan fingerprint density at radius 3 is 0.400 bits per heavy atom. The van der Waals surface area contributed by atoms with E-state index in [9.17, 15) is 0 Å². The van der Waals surface area contributed by atoms with Crippen LogP contribution in [0.25, 0.3) is 0 Å². The van der Waals surface area contributed by atoms with Crippen LogP contribution in [-0.2, 0) is 20.4 Å². The summed E-state index contributed by atoms with van der Waals surface area (Å²) in [6.45, 7) is 0. The summed E-state index contributed by atoms with van der Waals surface area (Å²) >= 11 is 0. The fraction of sp³-hybridized carbons (Fsp3) is 0. The van der Waals surface area contributed by atoms with Gasteiger partial charge in [-0.1, -0.05) is 0 Å². The molecule has 5 heavy (non-hydrogen) atoms. The standard InChI is InChI=1S/4Al.Re. The predicted molar refractivity (Wildman–Crippen MR) is 23.0 cm³/mol. The molecule has 0 heterocycles. The van der Waals surface area contributed by atoms with Gasteiger partial charge in [-0.3, -0.25) is 0 Å². The Bertz CT molecular complexity index is 3.61. The van der Waals surface area contributed by atoms with Gasteiger partial charge >= 0.3 is 0 Å². The van der Waals surface area contributed by atoms with Gasteiger partial charge in [0, 0.05) is 89.9 Å². The van der Waals surface area contributed by atoms with Crippen LogP contribution in [0.4, 0.5) is 0 Å². The van der Waals surface area contributed by atoms with Crippen molar-refractivity contribution in [3.05, 3.63) is 0 Å². The molecule has 0 aliphatic carbocycles. The Kier molecular flexibility index (Phi) is 270. The molecule has 13 radical (unpaired) electrons. The molecule has 5 heteroatoms. The zero-order valence-corrected chi connectivity index (χ0v) is 10.0. The molecular formula is Al4Re. The molecule has 0 aromatic rings. The third-order valence-corrected chi connectivity index (χ3v) is 0. The van der Waals surface area contributed by atoms with Crippen LogP contribution < -0.4 is 0 Å². The van der Waals surface area contributed by atoms with Crippen molar-refractivity contribution in [2.24, 2.45) is 0 Å². The van der Waals surface area contributed by atoms with Crippen molar-refractivity contribution in [1.82, 2.24) is 0 Å². The quantitative estimate of drug-likeness (QED) is 0.476. The van der Waals surface area contributed by atoms with Gasteiger partial charge in [0.1, 0.15) is 0 Å². The number of rotatable bonds is 0. The molecule has 0 bridgehead atoms. The first-order valence-electron chi connectivity index (χ1n) is 0. The SMILES string of the molecule is [Al].[Al].[Al].[Al].[Re]. The average Bonchev–Trinajstić information content (AvgIpc) is 0. The van der Waals surface area contributed by atoms with Gasteiger partial charge in [-0.2, -0.15) is 0 Å². The Labute approximate surface area is 88.6 Å². The Morgan fingerprint density at radius 2 is 0.400 bits per heavy atom. The van der Waals surface area contributed by atoms with Crippen molar-refractivity contribution in [3.8, 4) is 0 Å². The third kappa shape index (κ3) is 20.0. The van der Waals surface area contributed by atoms with Crippen LogP contribution in [0.5, 0.6) is 0 Å². The first-order chi connectivity index (χ1) is 0. The predicted octanol–water partition coefficient (Wildman–Crippen LogP) is -1.53. The number of hydrogen-bond acceptors (Lipinski definition) is 0. The summed E-state index contributed by atoms with van der Waals surface area (Å²) in [5.41, 5.74) is 0. The maximum absolute atomic E-state index is 0. The summed E-state index contributed by atoms with van der Waals surface area (Å²) < 4.78 is 0. The van der Waals surface area contributed by atoms with Crippen molar-refractivity contribution in [3.63, 3.8) is 0 Å². The van der Waals surface area contributed by atoms with Crippen LogP contribution in [0.15, 0.2) is 0 Å². The van der Waals surface area contributed by atoms with Crippen molar-refractivity contribution in [2.75, 3.05) is 0 Å². The average molecular weight is 294 g/mol. The molecule has 0 saturated carbocycles. The van der Waals surface area contributed by atoms with Crippen LogP contribution in [-0.4, -0.2) is 69.4 Å². The number of hydrogen-bond donors (Lipinski definition) is 0. The van der Waals surface area contributed by atoms with Crippen molar-refractivity contribution in [2.45, 2.75) is 0 Å². The van der Waals surface area contributed by atoms with Gasteiger partial charge in [0.25, 0.3) is 0 Å². The Hall–Kier alpha value is 2.79. The molecule has 0 fully saturated rings. The molecule has 0 aromatic carbocycles. The van der Waals surface area contributed by atoms with Gasteiger partial charge in [0.15, 0.2) is 0 Å². The molecule has 0 aliphatic rings. The van der Waals surface area contributed by atoms with E-state index in [4.69, 9.17) is 0 Å². The van der Waals surface area contributed by atoms with E-state index in [1.165, 1.54) is 0 Å². The van der Waals surface area contributed by atoms with Gasteiger partial charge in [0.2, 0.25) is 0 Å². The third-order valence-electron chi connectivity index (χ3n) is 0. The summed E-state index contributed by atoms with van der Waals surface area (Å²) in [6.07, 6.45) is 0. The molecule has 0 amide bonds. The van der Waals surface area contributed by atoms with Crippen LogP contribution in [0.3, 0.4) is 0 Å². The molecule has 0 atom stereocenters. The van der Waals surface area contributed by atoms with E-state index in [-0.39, 0.29) is 89.9 Å². The smallest absolute Gasteiger partial charge is 0 e. The minimum absolute atomic E-state index is 0. The van der Waals surface area contributed by atoms with E-state index in [2.05, 4.69) is 0 Å². The molecule has 0 aromatic heterocycles. The molecule has 0 aliphatic heterocycles. The van der Waals surface area contributed by atoms with Gasteiger partial charge in [-0.25, -0.2) is 0 Å². The monoisotopic (exact) mass is 295 g/mol. The van der Waals surface area contributed by atoms with Gasteiger partial charge in [-0.15, -0.1) is 0 Å². The largest absolute Gasteiger partial charge is 0 e. The molecule has 19 valence electrons. The van der Waals surface area contributed by atoms with E-state index in [1.54, 1.807) is 0 Å². The van der Waals surface area contributed by atoms with E-state index in [0.29, 0.717) is 0 Å². The van der Waals surface area contributed by atoms with Crippen molar-refractivity contribution in [1.29, 1.82) is 0 Å². The molecule has 0 saturated heterocycles. The molecule has 0 rings (SSSR count). The second-order valence-corrected chi connectivity index (χ2v) is 0. The summed E-state index contributed by atoms with van der Waals surface area (Å²) in [6, 6.07) is 0. The van der Waals surface area contributed by atoms with Gasteiger partial charge in [0.05, 0.1) is 0 Å². The zero-order chi connectivity index (χ0) is 0. The normalized spacial score (nSPS) is 0. The second-order valence-electron chi connectivity index (χ2n) is 0. The Morgan fingerprint density at radius 1 is 0.400 bits per heavy atom. The van der Waals surface area contributed by atoms with E-state index in [0.717, 1.165) is 0 Å². The summed E-state index contributed by atoms with van der Waals surface area (Å²) in [5.74, 6) is 0. The summed E-state index contributed by atoms with van der Waals surface area (Å²) in [7, 11) is 0. The van der Waals surface area contributed by atoms with Gasteiger partial charge in [-0.05, 0) is 0 Å². The molecule has 0 nitrogen and oxygen atoms in total. The molecule has 0 spiro atoms. The maximum Gasteiger partial charge on any atom is 0 e. The van der Waals surface area contributed by atoms with Crippen molar-refractivity contribution < 1.29 is 20.4 Å². The fourth-order valence-electron chi connectivity index (χ4n) is 0. The van der Waals surface area contributed by atoms with E-state index < -0.39 is 0 Å². The zero-order valence-electron chi connectivity index (χ0n) is 2.69. The van der Waals surface area contributed by atoms with Gasteiger partial charge < -0.3 is 0 Å². The second kappa shape index (κ2) is 29.2. The minimum atomic E-state index is 0. The van der Waals surface area contributed by atoms with Crippen LogP contribution in [0.1, 0.15) is 0 Å². The van der Waals surface area contributed by atoms with E-state index in [1.807, 2.05) is 0 Å². The molecular weight excluding hydrogens is 294 g/mol. The fourth-order valence-corrected chi connectivity index (χ4v) is 0.